The van der Waals surface area contributed by atoms with Crippen molar-refractivity contribution in [1.82, 2.24) is 4.98 Å². The van der Waals surface area contributed by atoms with Gasteiger partial charge in [-0.25, -0.2) is 0 Å². The number of hydrogen-bond acceptors (Lipinski definition) is 2. The Hall–Kier alpha value is -2.82. The van der Waals surface area contributed by atoms with Gasteiger partial charge in [0.25, 0.3) is 5.91 Å². The highest BCUT2D eigenvalue weighted by Gasteiger charge is 2.24. The molecule has 1 aliphatic heterocycles. The van der Waals surface area contributed by atoms with Crippen LogP contribution in [-0.4, -0.2) is 22.0 Å². The average molecular weight is 298 g/mol. The van der Waals surface area contributed by atoms with Crippen molar-refractivity contribution in [2.45, 2.75) is 19.8 Å². The molecule has 3 rings (SSSR count). The second kappa shape index (κ2) is 5.52. The van der Waals surface area contributed by atoms with Crippen LogP contribution < -0.4 is 5.32 Å². The van der Waals surface area contributed by atoms with E-state index in [0.29, 0.717) is 12.0 Å². The van der Waals surface area contributed by atoms with Crippen LogP contribution in [0.5, 0.6) is 0 Å². The highest BCUT2D eigenvalue weighted by molar-refractivity contribution is 6.34. The monoisotopic (exact) mass is 298 g/mol. The lowest BCUT2D eigenvalue weighted by Gasteiger charge is -2.00. The summed E-state index contributed by atoms with van der Waals surface area (Å²) in [6.45, 7) is 1.91. The summed E-state index contributed by atoms with van der Waals surface area (Å²) in [5, 5.41) is 11.7. The fraction of sp³-hybridized carbons (Fsp3) is 0.176. The number of carbonyl (C=O) groups is 2. The molecule has 5 heteroatoms. The van der Waals surface area contributed by atoms with E-state index in [1.54, 1.807) is 6.08 Å². The Morgan fingerprint density at radius 2 is 2.14 bits per heavy atom. The van der Waals surface area contributed by atoms with Gasteiger partial charge in [-0.05, 0) is 37.1 Å². The summed E-state index contributed by atoms with van der Waals surface area (Å²) in [6, 6.07) is 9.44. The molecule has 0 radical (unpaired) electrons. The first kappa shape index (κ1) is 14.1. The average Bonchev–Trinajstić information content (AvgIpc) is 2.98. The molecule has 1 aliphatic rings. The number of aryl methyl sites for hydroxylation is 2. The van der Waals surface area contributed by atoms with Crippen LogP contribution in [0.15, 0.2) is 30.3 Å². The number of anilines is 1. The van der Waals surface area contributed by atoms with Crippen molar-refractivity contribution in [2.24, 2.45) is 0 Å². The smallest absolute Gasteiger partial charge is 0.303 e. The third kappa shape index (κ3) is 2.65. The summed E-state index contributed by atoms with van der Waals surface area (Å²) in [5.41, 5.74) is 4.90. The van der Waals surface area contributed by atoms with E-state index in [0.717, 1.165) is 28.2 Å². The molecule has 1 aromatic carbocycles. The Morgan fingerprint density at radius 1 is 1.36 bits per heavy atom. The minimum atomic E-state index is -0.832. The first-order valence-electron chi connectivity index (χ1n) is 7.07. The van der Waals surface area contributed by atoms with Crippen molar-refractivity contribution in [1.29, 1.82) is 0 Å². The molecule has 5 nitrogen and oxygen atoms in total. The van der Waals surface area contributed by atoms with Crippen molar-refractivity contribution in [3.05, 3.63) is 52.8 Å². The topological polar surface area (TPSA) is 82.2 Å². The molecule has 0 bridgehead atoms. The maximum atomic E-state index is 12.1. The number of para-hydroxylation sites is 1. The standard InChI is InChI=1S/C17H16N2O3/c1-10-8-11(6-7-16(20)21)15(18-10)9-13-12-4-2-3-5-14(12)19-17(13)22/h2-5,8-9,18H,6-7H2,1H3,(H,19,22)(H,20,21)/b13-9-/i17+2. The van der Waals surface area contributed by atoms with Gasteiger partial charge in [0.1, 0.15) is 0 Å². The number of rotatable bonds is 4. The van der Waals surface area contributed by atoms with Gasteiger partial charge in [0.15, 0.2) is 0 Å². The lowest BCUT2D eigenvalue weighted by Crippen LogP contribution is -2.04. The number of hydrogen-bond donors (Lipinski definition) is 3. The highest BCUT2D eigenvalue weighted by Crippen LogP contribution is 2.33. The van der Waals surface area contributed by atoms with Gasteiger partial charge >= 0.3 is 5.97 Å². The fourth-order valence-corrected chi connectivity index (χ4v) is 2.67. The number of aromatic nitrogens is 1. The first-order chi connectivity index (χ1) is 10.5. The van der Waals surface area contributed by atoms with Gasteiger partial charge in [0.05, 0.1) is 5.57 Å². The molecule has 0 atom stereocenters. The highest BCUT2D eigenvalue weighted by atomic mass is 16.4. The van der Waals surface area contributed by atoms with E-state index in [2.05, 4.69) is 10.3 Å². The number of H-pyrrole nitrogens is 1. The van der Waals surface area contributed by atoms with Crippen molar-refractivity contribution >= 4 is 29.2 Å². The maximum Gasteiger partial charge on any atom is 0.303 e. The van der Waals surface area contributed by atoms with Crippen LogP contribution in [0.4, 0.5) is 5.69 Å². The van der Waals surface area contributed by atoms with Crippen molar-refractivity contribution in [3.63, 3.8) is 0 Å². The molecule has 0 unspecified atom stereocenters. The minimum absolute atomic E-state index is 0.0657. The number of benzene rings is 1. The van der Waals surface area contributed by atoms with Gasteiger partial charge < -0.3 is 15.4 Å². The van der Waals surface area contributed by atoms with Crippen LogP contribution in [0.2, 0.25) is 0 Å². The van der Waals surface area contributed by atoms with Crippen LogP contribution in [0.3, 0.4) is 0 Å². The Kier molecular flexibility index (Phi) is 3.55. The van der Waals surface area contributed by atoms with E-state index < -0.39 is 5.97 Å². The van der Waals surface area contributed by atoms with Crippen molar-refractivity contribution < 1.29 is 14.7 Å². The van der Waals surface area contributed by atoms with Crippen LogP contribution in [0, 0.1) is 6.92 Å². The number of nitrogens with one attached hydrogen (secondary N) is 2. The molecule has 0 spiro atoms. The van der Waals surface area contributed by atoms with Gasteiger partial charge in [-0.2, -0.15) is 0 Å². The molecule has 2 heterocycles. The molecule has 22 heavy (non-hydrogen) atoms. The number of carboxylic acids is 1. The molecule has 1 aromatic heterocycles. The summed E-state index contributed by atoms with van der Waals surface area (Å²) >= 11 is 0. The maximum absolute atomic E-state index is 12.1. The normalized spacial score (nSPS) is 15.0. The molecule has 112 valence electrons. The van der Waals surface area contributed by atoms with Crippen molar-refractivity contribution in [2.75, 3.05) is 5.32 Å². The van der Waals surface area contributed by atoms with Crippen LogP contribution in [0.25, 0.3) is 11.6 Å². The first-order valence-corrected chi connectivity index (χ1v) is 7.07. The molecule has 0 saturated heterocycles. The van der Waals surface area contributed by atoms with Gasteiger partial charge in [0, 0.05) is 29.1 Å². The Morgan fingerprint density at radius 3 is 2.91 bits per heavy atom. The Labute approximate surface area is 127 Å². The number of amides is 1. The number of aliphatic carboxylic acids is 1. The van der Waals surface area contributed by atoms with E-state index in [4.69, 9.17) is 5.11 Å². The number of carboxylic acid groups (broad SMARTS) is 1. The van der Waals surface area contributed by atoms with Crippen LogP contribution >= 0.6 is 0 Å². The second-order valence-corrected chi connectivity index (χ2v) is 5.34. The molecular formula is C17H16N2O3. The lowest BCUT2D eigenvalue weighted by atomic mass is 10.1. The van der Waals surface area contributed by atoms with E-state index in [9.17, 15) is 9.59 Å². The summed E-state index contributed by atoms with van der Waals surface area (Å²) in [7, 11) is 0. The summed E-state index contributed by atoms with van der Waals surface area (Å²) in [5.74, 6) is -0.973. The van der Waals surface area contributed by atoms with E-state index >= 15 is 0 Å². The molecule has 3 N–H and O–H groups in total. The zero-order valence-corrected chi connectivity index (χ0v) is 12.1. The predicted molar refractivity (Wildman–Crippen MR) is 84.4 cm³/mol. The van der Waals surface area contributed by atoms with E-state index in [1.165, 1.54) is 0 Å². The van der Waals surface area contributed by atoms with Crippen molar-refractivity contribution in [3.8, 4) is 0 Å². The van der Waals surface area contributed by atoms with Gasteiger partial charge in [-0.3, -0.25) is 9.59 Å². The fourth-order valence-electron chi connectivity index (χ4n) is 2.67. The lowest BCUT2D eigenvalue weighted by molar-refractivity contribution is -0.137. The molecule has 0 saturated carbocycles. The number of aromatic amines is 1. The third-order valence-electron chi connectivity index (χ3n) is 3.68. The Bertz CT molecular complexity index is 787. The largest absolute Gasteiger partial charge is 0.481 e. The summed E-state index contributed by atoms with van der Waals surface area (Å²) in [4.78, 5) is 26.1. The van der Waals surface area contributed by atoms with Gasteiger partial charge in [-0.15, -0.1) is 0 Å². The van der Waals surface area contributed by atoms with E-state index in [-0.39, 0.29) is 12.3 Å². The Balaban J connectivity index is 1.99. The second-order valence-electron chi connectivity index (χ2n) is 5.34. The van der Waals surface area contributed by atoms with Gasteiger partial charge in [0.2, 0.25) is 0 Å². The third-order valence-corrected chi connectivity index (χ3v) is 3.68. The zero-order chi connectivity index (χ0) is 15.7. The SMILES string of the molecule is Cc1cc(CCC(=O)O)c(/C=C2/c3ccccc3N[14C]2=O)[nH]1. The molecule has 0 aliphatic carbocycles. The van der Waals surface area contributed by atoms with Crippen LogP contribution in [0.1, 0.15) is 28.9 Å². The number of fused-ring (bicyclic) bond motifs is 1. The predicted octanol–water partition coefficient (Wildman–Crippen LogP) is 2.83. The molecule has 2 aromatic rings. The zero-order valence-electron chi connectivity index (χ0n) is 12.1. The summed E-state index contributed by atoms with van der Waals surface area (Å²) in [6.07, 6.45) is 2.30. The molecular weight excluding hydrogens is 282 g/mol. The minimum Gasteiger partial charge on any atom is -0.481 e. The molecule has 0 fully saturated rings. The number of carbonyl (C=O) groups excluding carboxylic acids is 1. The van der Waals surface area contributed by atoms with Gasteiger partial charge in [-0.1, -0.05) is 18.2 Å². The van der Waals surface area contributed by atoms with E-state index in [1.807, 2.05) is 37.3 Å². The summed E-state index contributed by atoms with van der Waals surface area (Å²) < 4.78 is 0. The van der Waals surface area contributed by atoms with Crippen LogP contribution in [-0.2, 0) is 16.0 Å². The molecule has 1 amide bonds. The quantitative estimate of drug-likeness (QED) is 0.759.